The summed E-state index contributed by atoms with van der Waals surface area (Å²) in [5, 5.41) is 0. The second-order valence-electron chi connectivity index (χ2n) is 18.3. The summed E-state index contributed by atoms with van der Waals surface area (Å²) in [5.41, 5.74) is 1.17. The van der Waals surface area contributed by atoms with Gasteiger partial charge in [0.1, 0.15) is 11.9 Å². The van der Waals surface area contributed by atoms with Crippen molar-refractivity contribution >= 4 is 11.8 Å². The van der Waals surface area contributed by atoms with Crippen molar-refractivity contribution in [3.63, 3.8) is 0 Å². The SMILES string of the molecule is C/C=C\C(=C/C)COCCOCCOCCCCCOCC(COCCCCCCCC(=O)CCC)COCCCCCCCC(=O)OC(CCCCCCCC)CCCCCCCC. The largest absolute Gasteiger partial charge is 0.462 e. The standard InChI is InChI=1S/C56H106O9/c1-6-11-13-15-20-27-37-55(38-28-21-16-14-12-7-2)65-56(58)39-29-22-18-24-31-42-62-50-53(49-61-41-30-23-17-19-26-36-54(57)35-9-4)51-63-43-33-25-32-40-59-44-45-60-46-47-64-48-52(10-5)34-8-3/h8,10,34,53,55H,6-7,9,11-33,35-51H2,1-5H3/b34-8-,52-10+. The zero-order valence-electron chi connectivity index (χ0n) is 43.5. The molecule has 0 aromatic heterocycles. The predicted molar refractivity (Wildman–Crippen MR) is 272 cm³/mol. The fourth-order valence-corrected chi connectivity index (χ4v) is 7.83. The normalized spacial score (nSPS) is 12.6. The summed E-state index contributed by atoms with van der Waals surface area (Å²) in [7, 11) is 0. The molecule has 1 unspecified atom stereocenters. The zero-order chi connectivity index (χ0) is 47.4. The van der Waals surface area contributed by atoms with Gasteiger partial charge in [0.25, 0.3) is 0 Å². The minimum Gasteiger partial charge on any atom is -0.462 e. The van der Waals surface area contributed by atoms with Crippen molar-refractivity contribution in [3.05, 3.63) is 23.8 Å². The van der Waals surface area contributed by atoms with Gasteiger partial charge in [-0.25, -0.2) is 0 Å². The average Bonchev–Trinajstić information content (AvgIpc) is 3.30. The topological polar surface area (TPSA) is 98.8 Å². The number of rotatable bonds is 54. The minimum absolute atomic E-state index is 0.00416. The summed E-state index contributed by atoms with van der Waals surface area (Å²) >= 11 is 0. The second kappa shape index (κ2) is 53.3. The highest BCUT2D eigenvalue weighted by atomic mass is 16.5. The van der Waals surface area contributed by atoms with Crippen LogP contribution in [0.2, 0.25) is 0 Å². The number of ketones is 1. The molecule has 0 rings (SSSR count). The van der Waals surface area contributed by atoms with Gasteiger partial charge in [0.2, 0.25) is 0 Å². The van der Waals surface area contributed by atoms with Crippen molar-refractivity contribution in [1.29, 1.82) is 0 Å². The van der Waals surface area contributed by atoms with Crippen LogP contribution >= 0.6 is 0 Å². The Balaban J connectivity index is 4.34. The van der Waals surface area contributed by atoms with Crippen LogP contribution in [0, 0.1) is 5.92 Å². The molecule has 9 nitrogen and oxygen atoms in total. The van der Waals surface area contributed by atoms with Crippen molar-refractivity contribution in [2.45, 2.75) is 240 Å². The number of ether oxygens (including phenoxy) is 7. The van der Waals surface area contributed by atoms with Gasteiger partial charge in [-0.1, -0.05) is 142 Å². The molecule has 0 bridgehead atoms. The van der Waals surface area contributed by atoms with Crippen LogP contribution in [0.4, 0.5) is 0 Å². The van der Waals surface area contributed by atoms with Gasteiger partial charge < -0.3 is 33.2 Å². The van der Waals surface area contributed by atoms with Gasteiger partial charge >= 0.3 is 5.97 Å². The molecule has 9 heteroatoms. The molecule has 0 saturated carbocycles. The lowest BCUT2D eigenvalue weighted by molar-refractivity contribution is -0.150. The van der Waals surface area contributed by atoms with Crippen molar-refractivity contribution in [3.8, 4) is 0 Å². The van der Waals surface area contributed by atoms with E-state index < -0.39 is 0 Å². The van der Waals surface area contributed by atoms with E-state index in [0.717, 1.165) is 142 Å². The Morgan fingerprint density at radius 3 is 1.32 bits per heavy atom. The first kappa shape index (κ1) is 63.4. The van der Waals surface area contributed by atoms with Crippen LogP contribution in [0.25, 0.3) is 0 Å². The molecule has 384 valence electrons. The van der Waals surface area contributed by atoms with E-state index in [9.17, 15) is 9.59 Å². The molecule has 0 aliphatic rings. The molecule has 0 heterocycles. The summed E-state index contributed by atoms with van der Waals surface area (Å²) in [4.78, 5) is 24.6. The molecule has 0 aromatic rings. The summed E-state index contributed by atoms with van der Waals surface area (Å²) in [6.45, 7) is 18.5. The minimum atomic E-state index is 0.00416. The molecule has 0 fully saturated rings. The summed E-state index contributed by atoms with van der Waals surface area (Å²) in [6.07, 6.45) is 40.3. The lowest BCUT2D eigenvalue weighted by atomic mass is 10.0. The van der Waals surface area contributed by atoms with Crippen molar-refractivity contribution in [2.24, 2.45) is 5.92 Å². The first-order valence-corrected chi connectivity index (χ1v) is 27.5. The summed E-state index contributed by atoms with van der Waals surface area (Å²) in [6, 6.07) is 0. The second-order valence-corrected chi connectivity index (χ2v) is 18.3. The Kier molecular flexibility index (Phi) is 52.0. The van der Waals surface area contributed by atoms with Gasteiger partial charge in [-0.15, -0.1) is 0 Å². The molecule has 0 radical (unpaired) electrons. The number of carbonyl (C=O) groups excluding carboxylic acids is 2. The Labute approximate surface area is 402 Å². The van der Waals surface area contributed by atoms with Crippen LogP contribution in [0.1, 0.15) is 234 Å². The van der Waals surface area contributed by atoms with Crippen LogP contribution in [-0.2, 0) is 42.7 Å². The van der Waals surface area contributed by atoms with E-state index in [4.69, 9.17) is 33.2 Å². The Hall–Kier alpha value is -1.62. The number of Topliss-reactive ketones (excluding diaryl/α,β-unsaturated/α-hetero) is 1. The van der Waals surface area contributed by atoms with Gasteiger partial charge in [-0.3, -0.25) is 9.59 Å². The van der Waals surface area contributed by atoms with Crippen LogP contribution in [0.5, 0.6) is 0 Å². The molecule has 1 atom stereocenters. The van der Waals surface area contributed by atoms with Gasteiger partial charge in [-0.2, -0.15) is 0 Å². The van der Waals surface area contributed by atoms with E-state index in [1.165, 1.54) is 82.6 Å². The monoisotopic (exact) mass is 923 g/mol. The highest BCUT2D eigenvalue weighted by molar-refractivity contribution is 5.78. The predicted octanol–water partition coefficient (Wildman–Crippen LogP) is 14.9. The Bertz CT molecular complexity index is 1030. The lowest BCUT2D eigenvalue weighted by Gasteiger charge is -2.18. The van der Waals surface area contributed by atoms with Crippen molar-refractivity contribution < 1.29 is 42.7 Å². The molecule has 0 spiro atoms. The highest BCUT2D eigenvalue weighted by Crippen LogP contribution is 2.19. The molecule has 0 aliphatic carbocycles. The molecule has 0 saturated heterocycles. The van der Waals surface area contributed by atoms with Gasteiger partial charge in [0.05, 0.1) is 52.9 Å². The van der Waals surface area contributed by atoms with E-state index in [1.807, 2.05) is 19.9 Å². The molecule has 0 aromatic carbocycles. The summed E-state index contributed by atoms with van der Waals surface area (Å²) < 4.78 is 41.5. The van der Waals surface area contributed by atoms with Crippen molar-refractivity contribution in [2.75, 3.05) is 79.3 Å². The third-order valence-corrected chi connectivity index (χ3v) is 11.9. The van der Waals surface area contributed by atoms with Gasteiger partial charge in [-0.05, 0) is 96.5 Å². The maximum atomic E-state index is 12.8. The molecule has 0 amide bonds. The molecule has 0 aliphatic heterocycles. The lowest BCUT2D eigenvalue weighted by Crippen LogP contribution is -2.23. The van der Waals surface area contributed by atoms with Crippen LogP contribution in [0.3, 0.4) is 0 Å². The highest BCUT2D eigenvalue weighted by Gasteiger charge is 2.15. The van der Waals surface area contributed by atoms with Gasteiger partial charge in [0.15, 0.2) is 0 Å². The summed E-state index contributed by atoms with van der Waals surface area (Å²) in [5.74, 6) is 0.623. The van der Waals surface area contributed by atoms with E-state index >= 15 is 0 Å². The fourth-order valence-electron chi connectivity index (χ4n) is 7.83. The quantitative estimate of drug-likeness (QED) is 0.0335. The average molecular weight is 923 g/mol. The molecular weight excluding hydrogens is 817 g/mol. The van der Waals surface area contributed by atoms with Crippen LogP contribution < -0.4 is 0 Å². The number of hydrogen-bond donors (Lipinski definition) is 0. The van der Waals surface area contributed by atoms with Gasteiger partial charge in [0, 0.05) is 51.6 Å². The maximum Gasteiger partial charge on any atom is 0.306 e. The smallest absolute Gasteiger partial charge is 0.306 e. The molecule has 0 N–H and O–H groups in total. The number of esters is 1. The van der Waals surface area contributed by atoms with Crippen LogP contribution in [-0.4, -0.2) is 97.1 Å². The Morgan fingerprint density at radius 2 is 0.831 bits per heavy atom. The fraction of sp³-hybridized carbons (Fsp3) is 0.893. The molecule has 65 heavy (non-hydrogen) atoms. The zero-order valence-corrected chi connectivity index (χ0v) is 43.5. The third-order valence-electron chi connectivity index (χ3n) is 11.9. The van der Waals surface area contributed by atoms with E-state index in [0.29, 0.717) is 65.1 Å². The number of carbonyl (C=O) groups is 2. The first-order chi connectivity index (χ1) is 32.0. The number of hydrogen-bond acceptors (Lipinski definition) is 9. The van der Waals surface area contributed by atoms with Crippen molar-refractivity contribution in [1.82, 2.24) is 0 Å². The Morgan fingerprint density at radius 1 is 0.415 bits per heavy atom. The third kappa shape index (κ3) is 48.6. The van der Waals surface area contributed by atoms with E-state index in [1.54, 1.807) is 0 Å². The molecular formula is C56H106O9. The number of unbranched alkanes of at least 4 members (excludes halogenated alkanes) is 20. The first-order valence-electron chi connectivity index (χ1n) is 27.5. The van der Waals surface area contributed by atoms with Crippen LogP contribution in [0.15, 0.2) is 23.8 Å². The van der Waals surface area contributed by atoms with E-state index in [-0.39, 0.29) is 18.0 Å². The van der Waals surface area contributed by atoms with E-state index in [2.05, 4.69) is 32.9 Å². The maximum absolute atomic E-state index is 12.8. The number of allylic oxidation sites excluding steroid dienone is 2.